The van der Waals surface area contributed by atoms with Gasteiger partial charge in [0.2, 0.25) is 6.41 Å². The molecule has 1 aromatic carbocycles. The van der Waals surface area contributed by atoms with Crippen LogP contribution in [-0.2, 0) is 4.79 Å². The number of carbonyl (C=O) groups excluding carboxylic acids is 2. The van der Waals surface area contributed by atoms with Crippen molar-refractivity contribution in [2.75, 3.05) is 26.2 Å². The first-order chi connectivity index (χ1) is 8.61. The van der Waals surface area contributed by atoms with E-state index in [1.165, 1.54) is 0 Å². The van der Waals surface area contributed by atoms with Crippen molar-refractivity contribution in [3.8, 4) is 0 Å². The van der Waals surface area contributed by atoms with E-state index >= 15 is 0 Å². The number of rotatable bonds is 2. The Bertz CT molecular complexity index is 468. The molecule has 0 atom stereocenters. The van der Waals surface area contributed by atoms with Crippen LogP contribution in [-0.4, -0.2) is 48.3 Å². The topological polar surface area (TPSA) is 40.6 Å². The van der Waals surface area contributed by atoms with E-state index in [0.29, 0.717) is 26.2 Å². The van der Waals surface area contributed by atoms with Gasteiger partial charge in [0.15, 0.2) is 0 Å². The fourth-order valence-electron chi connectivity index (χ4n) is 2.03. The summed E-state index contributed by atoms with van der Waals surface area (Å²) in [6.07, 6.45) is 0.839. The molecule has 18 heavy (non-hydrogen) atoms. The molecule has 0 spiro atoms. The minimum atomic E-state index is 0.0411. The van der Waals surface area contributed by atoms with E-state index in [1.807, 2.05) is 25.1 Å². The predicted molar refractivity (Wildman–Crippen MR) is 72.4 cm³/mol. The Morgan fingerprint density at radius 2 is 1.94 bits per heavy atom. The van der Waals surface area contributed by atoms with Gasteiger partial charge in [-0.1, -0.05) is 22.0 Å². The fourth-order valence-corrected chi connectivity index (χ4v) is 2.39. The number of piperazine rings is 1. The van der Waals surface area contributed by atoms with Crippen LogP contribution in [0.5, 0.6) is 0 Å². The van der Waals surface area contributed by atoms with Crippen LogP contribution in [0.1, 0.15) is 15.9 Å². The molecule has 0 bridgehead atoms. The second kappa shape index (κ2) is 5.52. The highest BCUT2D eigenvalue weighted by atomic mass is 79.9. The van der Waals surface area contributed by atoms with Gasteiger partial charge in [0.25, 0.3) is 5.91 Å². The van der Waals surface area contributed by atoms with Gasteiger partial charge in [0, 0.05) is 36.2 Å². The predicted octanol–water partition coefficient (Wildman–Crippen LogP) is 1.67. The normalized spacial score (nSPS) is 15.7. The smallest absolute Gasteiger partial charge is 0.254 e. The van der Waals surface area contributed by atoms with Crippen LogP contribution in [0.2, 0.25) is 0 Å². The molecule has 5 heteroatoms. The number of nitrogens with zero attached hydrogens (tertiary/aromatic N) is 2. The van der Waals surface area contributed by atoms with Gasteiger partial charge in [-0.05, 0) is 24.6 Å². The summed E-state index contributed by atoms with van der Waals surface area (Å²) >= 11 is 3.38. The van der Waals surface area contributed by atoms with Crippen molar-refractivity contribution in [2.24, 2.45) is 0 Å². The van der Waals surface area contributed by atoms with E-state index in [2.05, 4.69) is 15.9 Å². The van der Waals surface area contributed by atoms with Gasteiger partial charge in [0.05, 0.1) is 0 Å². The summed E-state index contributed by atoms with van der Waals surface area (Å²) in [4.78, 5) is 26.5. The number of halogens is 1. The molecular formula is C13H15BrN2O2. The number of amides is 2. The van der Waals surface area contributed by atoms with Gasteiger partial charge in [-0.2, -0.15) is 0 Å². The monoisotopic (exact) mass is 310 g/mol. The summed E-state index contributed by atoms with van der Waals surface area (Å²) in [6, 6.07) is 5.71. The highest BCUT2D eigenvalue weighted by Crippen LogP contribution is 2.18. The molecule has 1 heterocycles. The van der Waals surface area contributed by atoms with E-state index in [9.17, 15) is 9.59 Å². The third-order valence-corrected chi connectivity index (χ3v) is 3.67. The van der Waals surface area contributed by atoms with Crippen molar-refractivity contribution in [3.05, 3.63) is 33.8 Å². The maximum Gasteiger partial charge on any atom is 0.254 e. The first-order valence-electron chi connectivity index (χ1n) is 5.86. The van der Waals surface area contributed by atoms with Gasteiger partial charge in [0.1, 0.15) is 0 Å². The summed E-state index contributed by atoms with van der Waals surface area (Å²) in [5.41, 5.74) is 1.70. The summed E-state index contributed by atoms with van der Waals surface area (Å²) in [5, 5.41) is 0. The molecule has 1 saturated heterocycles. The summed E-state index contributed by atoms with van der Waals surface area (Å²) in [5.74, 6) is 0.0411. The van der Waals surface area contributed by atoms with Gasteiger partial charge in [-0.15, -0.1) is 0 Å². The largest absolute Gasteiger partial charge is 0.342 e. The summed E-state index contributed by atoms with van der Waals surface area (Å²) in [7, 11) is 0. The zero-order chi connectivity index (χ0) is 13.1. The Labute approximate surface area is 115 Å². The van der Waals surface area contributed by atoms with Gasteiger partial charge < -0.3 is 9.80 Å². The molecule has 2 rings (SSSR count). The lowest BCUT2D eigenvalue weighted by Gasteiger charge is -2.32. The van der Waals surface area contributed by atoms with Crippen LogP contribution in [0.3, 0.4) is 0 Å². The van der Waals surface area contributed by atoms with E-state index in [1.54, 1.807) is 9.80 Å². The Hall–Kier alpha value is -1.36. The van der Waals surface area contributed by atoms with Crippen LogP contribution in [0.15, 0.2) is 22.7 Å². The SMILES string of the molecule is Cc1ccc(Br)cc1C(=O)N1CCN(C=O)CC1. The molecule has 0 aliphatic carbocycles. The molecule has 96 valence electrons. The third kappa shape index (κ3) is 2.72. The zero-order valence-corrected chi connectivity index (χ0v) is 11.8. The molecule has 0 unspecified atom stereocenters. The molecule has 1 aliphatic rings. The second-order valence-corrected chi connectivity index (χ2v) is 5.31. The van der Waals surface area contributed by atoms with Crippen molar-refractivity contribution in [2.45, 2.75) is 6.92 Å². The van der Waals surface area contributed by atoms with Crippen LogP contribution in [0.4, 0.5) is 0 Å². The average Bonchev–Trinajstić information content (AvgIpc) is 2.41. The highest BCUT2D eigenvalue weighted by molar-refractivity contribution is 9.10. The Kier molecular flexibility index (Phi) is 4.01. The van der Waals surface area contributed by atoms with E-state index in [0.717, 1.165) is 22.0 Å². The number of carbonyl (C=O) groups is 2. The first kappa shape index (κ1) is 13.1. The Balaban J connectivity index is 2.12. The van der Waals surface area contributed by atoms with Crippen LogP contribution >= 0.6 is 15.9 Å². The molecule has 1 fully saturated rings. The number of benzene rings is 1. The lowest BCUT2D eigenvalue weighted by Crippen LogP contribution is -2.48. The van der Waals surface area contributed by atoms with E-state index in [-0.39, 0.29) is 5.91 Å². The average molecular weight is 311 g/mol. The molecule has 0 N–H and O–H groups in total. The Morgan fingerprint density at radius 1 is 1.28 bits per heavy atom. The van der Waals surface area contributed by atoms with Crippen molar-refractivity contribution in [1.29, 1.82) is 0 Å². The summed E-state index contributed by atoms with van der Waals surface area (Å²) in [6.45, 7) is 4.36. The molecule has 2 amide bonds. The van der Waals surface area contributed by atoms with Gasteiger partial charge in [-0.3, -0.25) is 9.59 Å². The third-order valence-electron chi connectivity index (χ3n) is 3.18. The first-order valence-corrected chi connectivity index (χ1v) is 6.66. The van der Waals surface area contributed by atoms with Crippen LogP contribution in [0.25, 0.3) is 0 Å². The molecule has 1 aliphatic heterocycles. The lowest BCUT2D eigenvalue weighted by atomic mass is 10.1. The number of hydrogen-bond donors (Lipinski definition) is 0. The number of hydrogen-bond acceptors (Lipinski definition) is 2. The Morgan fingerprint density at radius 3 is 2.56 bits per heavy atom. The molecular weight excluding hydrogens is 296 g/mol. The van der Waals surface area contributed by atoms with Crippen molar-refractivity contribution >= 4 is 28.2 Å². The van der Waals surface area contributed by atoms with Gasteiger partial charge >= 0.3 is 0 Å². The quantitative estimate of drug-likeness (QED) is 0.780. The zero-order valence-electron chi connectivity index (χ0n) is 10.2. The molecule has 4 nitrogen and oxygen atoms in total. The van der Waals surface area contributed by atoms with Crippen molar-refractivity contribution < 1.29 is 9.59 Å². The van der Waals surface area contributed by atoms with Crippen LogP contribution in [0, 0.1) is 6.92 Å². The second-order valence-electron chi connectivity index (χ2n) is 4.39. The maximum atomic E-state index is 12.4. The van der Waals surface area contributed by atoms with E-state index < -0.39 is 0 Å². The van der Waals surface area contributed by atoms with Crippen molar-refractivity contribution in [1.82, 2.24) is 9.80 Å². The van der Waals surface area contributed by atoms with Crippen molar-refractivity contribution in [3.63, 3.8) is 0 Å². The maximum absolute atomic E-state index is 12.4. The molecule has 0 saturated carbocycles. The fraction of sp³-hybridized carbons (Fsp3) is 0.385. The number of aryl methyl sites for hydroxylation is 1. The molecule has 0 radical (unpaired) electrons. The molecule has 1 aromatic rings. The standard InChI is InChI=1S/C13H15BrN2O2/c1-10-2-3-11(14)8-12(10)13(18)16-6-4-15(9-17)5-7-16/h2-3,8-9H,4-7H2,1H3. The minimum absolute atomic E-state index is 0.0411. The van der Waals surface area contributed by atoms with E-state index in [4.69, 9.17) is 0 Å². The summed E-state index contributed by atoms with van der Waals surface area (Å²) < 4.78 is 0.906. The van der Waals surface area contributed by atoms with Gasteiger partial charge in [-0.25, -0.2) is 0 Å². The lowest BCUT2D eigenvalue weighted by molar-refractivity contribution is -0.119. The molecule has 0 aromatic heterocycles. The highest BCUT2D eigenvalue weighted by Gasteiger charge is 2.22. The van der Waals surface area contributed by atoms with Crippen LogP contribution < -0.4 is 0 Å². The minimum Gasteiger partial charge on any atom is -0.342 e.